The van der Waals surface area contributed by atoms with Gasteiger partial charge in [0.2, 0.25) is 11.8 Å². The van der Waals surface area contributed by atoms with Crippen LogP contribution in [0.25, 0.3) is 11.5 Å². The van der Waals surface area contributed by atoms with E-state index in [9.17, 15) is 4.79 Å². The first-order chi connectivity index (χ1) is 14.0. The Labute approximate surface area is 169 Å². The molecule has 0 aliphatic heterocycles. The lowest BCUT2D eigenvalue weighted by Crippen LogP contribution is -2.25. The number of benzene rings is 2. The molecular formula is C22H24N2O5. The fraction of sp³-hybridized carbons (Fsp3) is 0.273. The summed E-state index contributed by atoms with van der Waals surface area (Å²) in [5.41, 5.74) is 2.31. The number of rotatable bonds is 8. The van der Waals surface area contributed by atoms with E-state index in [1.807, 2.05) is 42.5 Å². The van der Waals surface area contributed by atoms with Crippen LogP contribution in [0, 0.1) is 6.92 Å². The number of nitrogens with one attached hydrogen (secondary N) is 1. The number of ether oxygens (including phenoxy) is 3. The lowest BCUT2D eigenvalue weighted by Gasteiger charge is -2.10. The Morgan fingerprint density at radius 3 is 2.55 bits per heavy atom. The number of aromatic nitrogens is 1. The summed E-state index contributed by atoms with van der Waals surface area (Å²) in [7, 11) is 4.76. The van der Waals surface area contributed by atoms with E-state index >= 15 is 0 Å². The van der Waals surface area contributed by atoms with Gasteiger partial charge in [-0.3, -0.25) is 4.79 Å². The van der Waals surface area contributed by atoms with Crippen LogP contribution in [0.4, 0.5) is 0 Å². The first kappa shape index (κ1) is 20.3. The van der Waals surface area contributed by atoms with Gasteiger partial charge in [-0.05, 0) is 42.8 Å². The Morgan fingerprint density at radius 1 is 1.03 bits per heavy atom. The fourth-order valence-electron chi connectivity index (χ4n) is 2.88. The van der Waals surface area contributed by atoms with Gasteiger partial charge in [0.05, 0.1) is 33.4 Å². The lowest BCUT2D eigenvalue weighted by molar-refractivity contribution is -0.120. The highest BCUT2D eigenvalue weighted by atomic mass is 16.5. The molecule has 0 atom stereocenters. The first-order valence-corrected chi connectivity index (χ1v) is 9.12. The molecule has 1 heterocycles. The molecule has 0 saturated carbocycles. The predicted octanol–water partition coefficient (Wildman–Crippen LogP) is 3.53. The van der Waals surface area contributed by atoms with Crippen LogP contribution in [0.5, 0.6) is 17.2 Å². The van der Waals surface area contributed by atoms with Crippen LogP contribution in [0.3, 0.4) is 0 Å². The second-order valence-corrected chi connectivity index (χ2v) is 6.40. The van der Waals surface area contributed by atoms with Gasteiger partial charge in [0, 0.05) is 12.1 Å². The molecule has 152 valence electrons. The zero-order valence-corrected chi connectivity index (χ0v) is 16.9. The molecule has 0 radical (unpaired) electrons. The van der Waals surface area contributed by atoms with E-state index in [2.05, 4.69) is 10.3 Å². The second kappa shape index (κ2) is 9.14. The number of nitrogens with zero attached hydrogens (tertiary/aromatic N) is 1. The van der Waals surface area contributed by atoms with Gasteiger partial charge in [-0.2, -0.15) is 0 Å². The average Bonchev–Trinajstić information content (AvgIpc) is 3.12. The number of methoxy groups -OCH3 is 3. The monoisotopic (exact) mass is 396 g/mol. The van der Waals surface area contributed by atoms with Gasteiger partial charge in [0.1, 0.15) is 11.5 Å². The van der Waals surface area contributed by atoms with Gasteiger partial charge in [0.25, 0.3) is 0 Å². The van der Waals surface area contributed by atoms with Crippen LogP contribution in [-0.4, -0.2) is 32.2 Å². The number of amides is 1. The van der Waals surface area contributed by atoms with Gasteiger partial charge in [-0.15, -0.1) is 0 Å². The van der Waals surface area contributed by atoms with E-state index in [-0.39, 0.29) is 12.3 Å². The Balaban J connectivity index is 1.64. The van der Waals surface area contributed by atoms with Crippen molar-refractivity contribution >= 4 is 5.91 Å². The van der Waals surface area contributed by atoms with Crippen molar-refractivity contribution in [1.29, 1.82) is 0 Å². The summed E-state index contributed by atoms with van der Waals surface area (Å²) in [4.78, 5) is 16.9. The third-order valence-corrected chi connectivity index (χ3v) is 4.47. The number of carbonyl (C=O) groups is 1. The molecule has 29 heavy (non-hydrogen) atoms. The zero-order chi connectivity index (χ0) is 20.8. The molecular weight excluding hydrogens is 372 g/mol. The molecule has 0 aliphatic rings. The van der Waals surface area contributed by atoms with Crippen LogP contribution >= 0.6 is 0 Å². The predicted molar refractivity (Wildman–Crippen MR) is 108 cm³/mol. The molecule has 0 fully saturated rings. The highest BCUT2D eigenvalue weighted by Crippen LogP contribution is 2.28. The number of aryl methyl sites for hydroxylation is 1. The molecule has 2 aromatic carbocycles. The summed E-state index contributed by atoms with van der Waals surface area (Å²) in [6.07, 6.45) is 0.132. The van der Waals surface area contributed by atoms with Crippen LogP contribution < -0.4 is 19.5 Å². The van der Waals surface area contributed by atoms with Gasteiger partial charge in [-0.1, -0.05) is 12.1 Å². The summed E-state index contributed by atoms with van der Waals surface area (Å²) in [6.45, 7) is 2.17. The fourth-order valence-corrected chi connectivity index (χ4v) is 2.88. The smallest absolute Gasteiger partial charge is 0.226 e. The molecule has 0 saturated heterocycles. The largest absolute Gasteiger partial charge is 0.497 e. The molecule has 1 amide bonds. The maximum absolute atomic E-state index is 12.4. The van der Waals surface area contributed by atoms with Crippen LogP contribution in [0.15, 0.2) is 46.9 Å². The van der Waals surface area contributed by atoms with E-state index in [4.69, 9.17) is 18.6 Å². The van der Waals surface area contributed by atoms with Crippen molar-refractivity contribution in [3.8, 4) is 28.7 Å². The van der Waals surface area contributed by atoms with E-state index in [1.165, 1.54) is 0 Å². The van der Waals surface area contributed by atoms with E-state index in [0.717, 1.165) is 11.1 Å². The van der Waals surface area contributed by atoms with Gasteiger partial charge >= 0.3 is 0 Å². The Kier molecular flexibility index (Phi) is 6.39. The minimum absolute atomic E-state index is 0.132. The molecule has 7 heteroatoms. The summed E-state index contributed by atoms with van der Waals surface area (Å²) in [5, 5.41) is 2.89. The third-order valence-electron chi connectivity index (χ3n) is 4.47. The summed E-state index contributed by atoms with van der Waals surface area (Å²) >= 11 is 0. The van der Waals surface area contributed by atoms with Crippen LogP contribution in [0.2, 0.25) is 0 Å². The molecule has 0 spiro atoms. The normalized spacial score (nSPS) is 10.5. The van der Waals surface area contributed by atoms with E-state index in [0.29, 0.717) is 41.1 Å². The Bertz CT molecular complexity index is 997. The van der Waals surface area contributed by atoms with Gasteiger partial charge < -0.3 is 23.9 Å². The second-order valence-electron chi connectivity index (χ2n) is 6.40. The number of oxazole rings is 1. The maximum Gasteiger partial charge on any atom is 0.226 e. The van der Waals surface area contributed by atoms with Gasteiger partial charge in [-0.25, -0.2) is 4.98 Å². The molecule has 3 rings (SSSR count). The number of carbonyl (C=O) groups excluding carboxylic acids is 1. The summed E-state index contributed by atoms with van der Waals surface area (Å²) < 4.78 is 21.5. The van der Waals surface area contributed by atoms with Crippen LogP contribution in [-0.2, 0) is 17.8 Å². The van der Waals surface area contributed by atoms with Crippen molar-refractivity contribution in [2.45, 2.75) is 19.9 Å². The summed E-state index contributed by atoms with van der Waals surface area (Å²) in [6, 6.07) is 13.0. The highest BCUT2D eigenvalue weighted by molar-refractivity contribution is 5.78. The average molecular weight is 396 g/mol. The molecule has 1 aromatic heterocycles. The molecule has 1 N–H and O–H groups in total. The minimum Gasteiger partial charge on any atom is -0.497 e. The van der Waals surface area contributed by atoms with E-state index < -0.39 is 0 Å². The maximum atomic E-state index is 12.4. The van der Waals surface area contributed by atoms with E-state index in [1.54, 1.807) is 28.3 Å². The number of hydrogen-bond donors (Lipinski definition) is 1. The van der Waals surface area contributed by atoms with Crippen molar-refractivity contribution in [2.24, 2.45) is 0 Å². The quantitative estimate of drug-likeness (QED) is 0.627. The molecule has 3 aromatic rings. The lowest BCUT2D eigenvalue weighted by atomic mass is 10.2. The molecule has 0 aliphatic carbocycles. The molecule has 0 unspecified atom stereocenters. The molecule has 0 bridgehead atoms. The first-order valence-electron chi connectivity index (χ1n) is 9.12. The van der Waals surface area contributed by atoms with Crippen molar-refractivity contribution in [1.82, 2.24) is 10.3 Å². The topological polar surface area (TPSA) is 82.8 Å². The van der Waals surface area contributed by atoms with Crippen molar-refractivity contribution in [3.05, 3.63) is 59.5 Å². The van der Waals surface area contributed by atoms with Crippen molar-refractivity contribution in [2.75, 3.05) is 21.3 Å². The Hall–Kier alpha value is -3.48. The zero-order valence-electron chi connectivity index (χ0n) is 16.9. The standard InChI is InChI=1S/C22H24N2O5/c1-14-18(24-22(29-14)16-6-5-7-17(11-16)26-2)12-21(25)23-13-15-8-9-19(27-3)20(10-15)28-4/h5-11H,12-13H2,1-4H3,(H,23,25). The van der Waals surface area contributed by atoms with Crippen molar-refractivity contribution < 1.29 is 23.4 Å². The third kappa shape index (κ3) is 4.87. The minimum atomic E-state index is -0.145. The Morgan fingerprint density at radius 2 is 1.83 bits per heavy atom. The highest BCUT2D eigenvalue weighted by Gasteiger charge is 2.15. The van der Waals surface area contributed by atoms with Gasteiger partial charge in [0.15, 0.2) is 11.5 Å². The SMILES string of the molecule is COc1cccc(-c2nc(CC(=O)NCc3ccc(OC)c(OC)c3)c(C)o2)c1. The van der Waals surface area contributed by atoms with Crippen molar-refractivity contribution in [3.63, 3.8) is 0 Å². The summed E-state index contributed by atoms with van der Waals surface area (Å²) in [5.74, 6) is 2.91. The van der Waals surface area contributed by atoms with Crippen LogP contribution in [0.1, 0.15) is 17.0 Å². The number of hydrogen-bond acceptors (Lipinski definition) is 6. The molecule has 7 nitrogen and oxygen atoms in total.